The predicted molar refractivity (Wildman–Crippen MR) is 81.6 cm³/mol. The Morgan fingerprint density at radius 3 is 2.41 bits per heavy atom. The molecule has 0 radical (unpaired) electrons. The van der Waals surface area contributed by atoms with Crippen molar-refractivity contribution in [1.82, 2.24) is 0 Å². The first-order valence-corrected chi connectivity index (χ1v) is 7.02. The highest BCUT2D eigenvalue weighted by Gasteiger charge is 2.22. The Morgan fingerprint density at radius 2 is 1.86 bits per heavy atom. The molecule has 22 heavy (non-hydrogen) atoms. The van der Waals surface area contributed by atoms with Crippen LogP contribution in [0.3, 0.4) is 0 Å². The Bertz CT molecular complexity index is 609. The highest BCUT2D eigenvalue weighted by Crippen LogP contribution is 2.34. The molecule has 0 aliphatic heterocycles. The first-order chi connectivity index (χ1) is 10.6. The fraction of sp³-hybridized carbons (Fsp3) is 0.375. The summed E-state index contributed by atoms with van der Waals surface area (Å²) in [5, 5.41) is 12.0. The van der Waals surface area contributed by atoms with Crippen molar-refractivity contribution < 1.29 is 24.2 Å². The molecule has 6 heteroatoms. The van der Waals surface area contributed by atoms with Gasteiger partial charge in [0, 0.05) is 18.1 Å². The number of carbonyl (C=O) groups excluding carboxylic acids is 1. The van der Waals surface area contributed by atoms with Crippen LogP contribution in [0.15, 0.2) is 24.3 Å². The third-order valence-corrected chi connectivity index (χ3v) is 3.65. The van der Waals surface area contributed by atoms with Crippen LogP contribution in [0.4, 0.5) is 5.69 Å². The van der Waals surface area contributed by atoms with E-state index < -0.39 is 5.97 Å². The molecular formula is C16H19NO5. The highest BCUT2D eigenvalue weighted by atomic mass is 16.5. The molecule has 1 aromatic carbocycles. The van der Waals surface area contributed by atoms with Gasteiger partial charge in [-0.2, -0.15) is 0 Å². The van der Waals surface area contributed by atoms with E-state index in [4.69, 9.17) is 9.47 Å². The summed E-state index contributed by atoms with van der Waals surface area (Å²) in [4.78, 5) is 23.7. The molecule has 1 amide bonds. The van der Waals surface area contributed by atoms with Crippen molar-refractivity contribution in [3.8, 4) is 11.5 Å². The van der Waals surface area contributed by atoms with E-state index in [2.05, 4.69) is 5.32 Å². The number of aromatic carboxylic acids is 1. The van der Waals surface area contributed by atoms with Crippen LogP contribution in [0.25, 0.3) is 0 Å². The van der Waals surface area contributed by atoms with Gasteiger partial charge in [0.15, 0.2) is 11.5 Å². The standard InChI is InChI=1S/C16H19NO5/c1-21-13-8-11(16(19)20)12(9-14(13)22-2)17-15(18)10-6-4-3-5-7-10/h3-4,8-10H,5-7H2,1-2H3,(H,17,18)(H,19,20)/t10-/m0/s1. The van der Waals surface area contributed by atoms with Crippen LogP contribution in [-0.4, -0.2) is 31.2 Å². The maximum absolute atomic E-state index is 12.3. The summed E-state index contributed by atoms with van der Waals surface area (Å²) >= 11 is 0. The van der Waals surface area contributed by atoms with Crippen LogP contribution < -0.4 is 14.8 Å². The van der Waals surface area contributed by atoms with E-state index in [1.807, 2.05) is 12.2 Å². The quantitative estimate of drug-likeness (QED) is 0.817. The topological polar surface area (TPSA) is 84.9 Å². The van der Waals surface area contributed by atoms with Crippen LogP contribution in [0, 0.1) is 5.92 Å². The Morgan fingerprint density at radius 1 is 1.18 bits per heavy atom. The molecule has 0 heterocycles. The monoisotopic (exact) mass is 305 g/mol. The van der Waals surface area contributed by atoms with Gasteiger partial charge in [0.25, 0.3) is 0 Å². The Labute approximate surface area is 128 Å². The van der Waals surface area contributed by atoms with Crippen LogP contribution in [0.2, 0.25) is 0 Å². The van der Waals surface area contributed by atoms with E-state index in [1.165, 1.54) is 26.4 Å². The van der Waals surface area contributed by atoms with E-state index in [9.17, 15) is 14.7 Å². The molecule has 0 fully saturated rings. The number of carbonyl (C=O) groups is 2. The fourth-order valence-electron chi connectivity index (χ4n) is 2.43. The number of allylic oxidation sites excluding steroid dienone is 2. The third kappa shape index (κ3) is 3.39. The third-order valence-electron chi connectivity index (χ3n) is 3.65. The number of methoxy groups -OCH3 is 2. The average molecular weight is 305 g/mol. The van der Waals surface area contributed by atoms with Gasteiger partial charge in [-0.3, -0.25) is 4.79 Å². The molecule has 2 rings (SSSR count). The van der Waals surface area contributed by atoms with Gasteiger partial charge < -0.3 is 19.9 Å². The van der Waals surface area contributed by atoms with Crippen LogP contribution in [-0.2, 0) is 4.79 Å². The zero-order valence-electron chi connectivity index (χ0n) is 12.6. The molecular weight excluding hydrogens is 286 g/mol. The number of carboxylic acid groups (broad SMARTS) is 1. The van der Waals surface area contributed by atoms with E-state index in [1.54, 1.807) is 0 Å². The van der Waals surface area contributed by atoms with Crippen molar-refractivity contribution in [2.75, 3.05) is 19.5 Å². The van der Waals surface area contributed by atoms with Crippen LogP contribution >= 0.6 is 0 Å². The molecule has 0 aromatic heterocycles. The summed E-state index contributed by atoms with van der Waals surface area (Å²) in [6.07, 6.45) is 6.30. The van der Waals surface area contributed by atoms with E-state index in [0.717, 1.165) is 12.8 Å². The minimum Gasteiger partial charge on any atom is -0.493 e. The molecule has 0 saturated heterocycles. The molecule has 0 saturated carbocycles. The lowest BCUT2D eigenvalue weighted by atomic mass is 9.93. The number of anilines is 1. The van der Waals surface area contributed by atoms with Gasteiger partial charge in [0.1, 0.15) is 0 Å². The van der Waals surface area contributed by atoms with Crippen LogP contribution in [0.5, 0.6) is 11.5 Å². The van der Waals surface area contributed by atoms with Crippen molar-refractivity contribution in [2.24, 2.45) is 5.92 Å². The van der Waals surface area contributed by atoms with Crippen molar-refractivity contribution in [2.45, 2.75) is 19.3 Å². The second-order valence-electron chi connectivity index (χ2n) is 5.03. The zero-order valence-corrected chi connectivity index (χ0v) is 12.6. The number of nitrogens with one attached hydrogen (secondary N) is 1. The van der Waals surface area contributed by atoms with E-state index in [-0.39, 0.29) is 23.1 Å². The van der Waals surface area contributed by atoms with Crippen molar-refractivity contribution in [3.05, 3.63) is 29.8 Å². The second-order valence-corrected chi connectivity index (χ2v) is 5.03. The molecule has 0 unspecified atom stereocenters. The van der Waals surface area contributed by atoms with Gasteiger partial charge in [0.2, 0.25) is 5.91 Å². The highest BCUT2D eigenvalue weighted by molar-refractivity contribution is 6.02. The van der Waals surface area contributed by atoms with Gasteiger partial charge in [-0.25, -0.2) is 4.79 Å². The lowest BCUT2D eigenvalue weighted by molar-refractivity contribution is -0.120. The van der Waals surface area contributed by atoms with Crippen molar-refractivity contribution in [3.63, 3.8) is 0 Å². The number of rotatable bonds is 5. The zero-order chi connectivity index (χ0) is 16.1. The largest absolute Gasteiger partial charge is 0.493 e. The summed E-state index contributed by atoms with van der Waals surface area (Å²) in [7, 11) is 2.88. The number of amides is 1. The molecule has 1 atom stereocenters. The summed E-state index contributed by atoms with van der Waals surface area (Å²) in [6, 6.07) is 2.82. The Kier molecular flexibility index (Phi) is 5.04. The molecule has 1 aliphatic carbocycles. The molecule has 0 spiro atoms. The Hall–Kier alpha value is -2.50. The fourth-order valence-corrected chi connectivity index (χ4v) is 2.43. The minimum absolute atomic E-state index is 0.0302. The SMILES string of the molecule is COc1cc(NC(=O)[C@H]2CC=CCC2)c(C(=O)O)cc1OC. The molecule has 1 aromatic rings. The summed E-state index contributed by atoms with van der Waals surface area (Å²) in [6.45, 7) is 0. The normalized spacial score (nSPS) is 16.9. The second kappa shape index (κ2) is 6.98. The van der Waals surface area contributed by atoms with Crippen molar-refractivity contribution in [1.29, 1.82) is 0 Å². The molecule has 118 valence electrons. The molecule has 6 nitrogen and oxygen atoms in total. The first-order valence-electron chi connectivity index (χ1n) is 7.02. The van der Waals surface area contributed by atoms with E-state index in [0.29, 0.717) is 17.9 Å². The van der Waals surface area contributed by atoms with Gasteiger partial charge in [0.05, 0.1) is 25.5 Å². The maximum Gasteiger partial charge on any atom is 0.337 e. The number of hydrogen-bond donors (Lipinski definition) is 2. The minimum atomic E-state index is -1.14. The molecule has 2 N–H and O–H groups in total. The maximum atomic E-state index is 12.3. The number of benzene rings is 1. The Balaban J connectivity index is 2.30. The average Bonchev–Trinajstić information content (AvgIpc) is 2.54. The summed E-state index contributed by atoms with van der Waals surface area (Å²) < 4.78 is 10.3. The summed E-state index contributed by atoms with van der Waals surface area (Å²) in [5.41, 5.74) is 0.182. The van der Waals surface area contributed by atoms with Gasteiger partial charge in [-0.1, -0.05) is 12.2 Å². The molecule has 1 aliphatic rings. The lowest BCUT2D eigenvalue weighted by Crippen LogP contribution is -2.24. The lowest BCUT2D eigenvalue weighted by Gasteiger charge is -2.19. The number of hydrogen-bond acceptors (Lipinski definition) is 4. The number of carboxylic acids is 1. The molecule has 0 bridgehead atoms. The van der Waals surface area contributed by atoms with Gasteiger partial charge in [-0.15, -0.1) is 0 Å². The van der Waals surface area contributed by atoms with Gasteiger partial charge >= 0.3 is 5.97 Å². The smallest absolute Gasteiger partial charge is 0.337 e. The van der Waals surface area contributed by atoms with Gasteiger partial charge in [-0.05, 0) is 19.3 Å². The van der Waals surface area contributed by atoms with Crippen molar-refractivity contribution >= 4 is 17.6 Å². The van der Waals surface area contributed by atoms with E-state index >= 15 is 0 Å². The van der Waals surface area contributed by atoms with Crippen LogP contribution in [0.1, 0.15) is 29.6 Å². The number of ether oxygens (including phenoxy) is 2. The predicted octanol–water partition coefficient (Wildman–Crippen LogP) is 2.70. The first kappa shape index (κ1) is 15.9. The summed E-state index contributed by atoms with van der Waals surface area (Å²) in [5.74, 6) is -0.788.